The van der Waals surface area contributed by atoms with Crippen molar-refractivity contribution in [3.63, 3.8) is 0 Å². The van der Waals surface area contributed by atoms with Gasteiger partial charge in [-0.15, -0.1) is 0 Å². The van der Waals surface area contributed by atoms with Gasteiger partial charge in [-0.25, -0.2) is 9.97 Å². The van der Waals surface area contributed by atoms with E-state index in [0.29, 0.717) is 11.7 Å². The van der Waals surface area contributed by atoms with Crippen molar-refractivity contribution in [2.75, 3.05) is 31.7 Å². The van der Waals surface area contributed by atoms with Crippen molar-refractivity contribution in [3.8, 4) is 0 Å². The average Bonchev–Trinajstić information content (AvgIpc) is 2.26. The van der Waals surface area contributed by atoms with Crippen LogP contribution in [0.2, 0.25) is 0 Å². The number of aromatic nitrogens is 2. The van der Waals surface area contributed by atoms with Gasteiger partial charge in [-0.2, -0.15) is 0 Å². The summed E-state index contributed by atoms with van der Waals surface area (Å²) in [5.41, 5.74) is 7.26. The quantitative estimate of drug-likeness (QED) is 0.851. The highest BCUT2D eigenvalue weighted by Gasteiger charge is 2.39. The van der Waals surface area contributed by atoms with E-state index in [4.69, 9.17) is 5.73 Å². The molecule has 1 aromatic heterocycles. The lowest BCUT2D eigenvalue weighted by molar-refractivity contribution is 0.0738. The van der Waals surface area contributed by atoms with Gasteiger partial charge < -0.3 is 16.0 Å². The van der Waals surface area contributed by atoms with Crippen LogP contribution in [0.1, 0.15) is 44.6 Å². The highest BCUT2D eigenvalue weighted by molar-refractivity contribution is 5.56. The minimum Gasteiger partial charge on any atom is -0.383 e. The van der Waals surface area contributed by atoms with Crippen molar-refractivity contribution in [2.45, 2.75) is 44.6 Å². The summed E-state index contributed by atoms with van der Waals surface area (Å²) in [7, 11) is 4.30. The Bertz CT molecular complexity index is 437. The molecule has 0 bridgehead atoms. The topological polar surface area (TPSA) is 67.1 Å². The molecule has 0 radical (unpaired) electrons. The summed E-state index contributed by atoms with van der Waals surface area (Å²) in [6.45, 7) is 5.15. The second kappa shape index (κ2) is 5.33. The molecule has 2 rings (SSSR count). The fraction of sp³-hybridized carbons (Fsp3) is 0.714. The molecule has 1 fully saturated rings. The highest BCUT2D eigenvalue weighted by Crippen LogP contribution is 2.36. The van der Waals surface area contributed by atoms with E-state index in [1.54, 1.807) is 0 Å². The molecule has 1 heterocycles. The van der Waals surface area contributed by atoms with Crippen LogP contribution in [0.4, 0.5) is 11.6 Å². The van der Waals surface area contributed by atoms with Crippen LogP contribution in [0.25, 0.3) is 0 Å². The molecule has 0 aromatic carbocycles. The molecule has 0 saturated heterocycles. The molecule has 1 saturated carbocycles. The number of hydrogen-bond donors (Lipinski definition) is 2. The Hall–Kier alpha value is -1.36. The Balaban J connectivity index is 2.14. The number of rotatable bonds is 5. The number of nitrogens with two attached hydrogens (primary N) is 1. The van der Waals surface area contributed by atoms with Crippen LogP contribution in [-0.2, 0) is 0 Å². The first-order valence-corrected chi connectivity index (χ1v) is 6.98. The van der Waals surface area contributed by atoms with E-state index in [1.807, 2.05) is 0 Å². The molecule has 0 aliphatic heterocycles. The van der Waals surface area contributed by atoms with Crippen LogP contribution in [0.5, 0.6) is 0 Å². The van der Waals surface area contributed by atoms with Gasteiger partial charge in [-0.1, -0.05) is 13.8 Å². The van der Waals surface area contributed by atoms with Crippen molar-refractivity contribution < 1.29 is 0 Å². The summed E-state index contributed by atoms with van der Waals surface area (Å²) in [5.74, 6) is 1.79. The Morgan fingerprint density at radius 1 is 1.37 bits per heavy atom. The SMILES string of the molecule is CC(C)c1c(N)ncnc1NCC1(N(C)C)CCC1. The number of nitrogen functional groups attached to an aromatic ring is 1. The maximum atomic E-state index is 5.97. The van der Waals surface area contributed by atoms with Gasteiger partial charge in [0.15, 0.2) is 0 Å². The normalized spacial score (nSPS) is 17.6. The second-order valence-corrected chi connectivity index (χ2v) is 6.00. The molecule has 1 aliphatic carbocycles. The molecule has 5 heteroatoms. The van der Waals surface area contributed by atoms with Gasteiger partial charge in [0.2, 0.25) is 0 Å². The van der Waals surface area contributed by atoms with Crippen LogP contribution in [0, 0.1) is 0 Å². The zero-order valence-electron chi connectivity index (χ0n) is 12.4. The average molecular weight is 263 g/mol. The minimum absolute atomic E-state index is 0.272. The third kappa shape index (κ3) is 2.66. The standard InChI is InChI=1S/C14H25N5/c1-10(2)11-12(15)17-9-18-13(11)16-8-14(19(3)4)6-5-7-14/h9-10H,5-8H2,1-4H3,(H3,15,16,17,18). The number of nitrogens with one attached hydrogen (secondary N) is 1. The Kier molecular flexibility index (Phi) is 3.94. The predicted octanol–water partition coefficient (Wildman–Crippen LogP) is 2.08. The van der Waals surface area contributed by atoms with E-state index in [1.165, 1.54) is 25.6 Å². The van der Waals surface area contributed by atoms with Gasteiger partial charge in [0, 0.05) is 17.6 Å². The van der Waals surface area contributed by atoms with E-state index >= 15 is 0 Å². The molecule has 0 unspecified atom stereocenters. The smallest absolute Gasteiger partial charge is 0.135 e. The van der Waals surface area contributed by atoms with Gasteiger partial charge in [-0.3, -0.25) is 0 Å². The molecule has 3 N–H and O–H groups in total. The first-order chi connectivity index (χ1) is 8.96. The third-order valence-electron chi connectivity index (χ3n) is 4.31. The fourth-order valence-electron chi connectivity index (χ4n) is 2.73. The van der Waals surface area contributed by atoms with Crippen molar-refractivity contribution >= 4 is 11.6 Å². The molecule has 0 spiro atoms. The second-order valence-electron chi connectivity index (χ2n) is 6.00. The zero-order chi connectivity index (χ0) is 14.0. The summed E-state index contributed by atoms with van der Waals surface area (Å²) in [5, 5.41) is 3.49. The van der Waals surface area contributed by atoms with Gasteiger partial charge in [-0.05, 0) is 39.3 Å². The number of anilines is 2. The van der Waals surface area contributed by atoms with Crippen molar-refractivity contribution in [1.82, 2.24) is 14.9 Å². The number of nitrogens with zero attached hydrogens (tertiary/aromatic N) is 3. The van der Waals surface area contributed by atoms with Crippen LogP contribution < -0.4 is 11.1 Å². The molecule has 5 nitrogen and oxygen atoms in total. The van der Waals surface area contributed by atoms with E-state index < -0.39 is 0 Å². The lowest BCUT2D eigenvalue weighted by Crippen LogP contribution is -2.54. The highest BCUT2D eigenvalue weighted by atomic mass is 15.2. The first-order valence-electron chi connectivity index (χ1n) is 6.98. The van der Waals surface area contributed by atoms with E-state index in [2.05, 4.69) is 48.1 Å². The van der Waals surface area contributed by atoms with Crippen molar-refractivity contribution in [1.29, 1.82) is 0 Å². The Labute approximate surface area is 115 Å². The fourth-order valence-corrected chi connectivity index (χ4v) is 2.73. The van der Waals surface area contributed by atoms with Crippen LogP contribution >= 0.6 is 0 Å². The minimum atomic E-state index is 0.272. The van der Waals surface area contributed by atoms with E-state index in [-0.39, 0.29) is 5.54 Å². The van der Waals surface area contributed by atoms with Crippen LogP contribution in [0.15, 0.2) is 6.33 Å². The van der Waals surface area contributed by atoms with Crippen molar-refractivity contribution in [2.24, 2.45) is 0 Å². The van der Waals surface area contributed by atoms with Gasteiger partial charge in [0.1, 0.15) is 18.0 Å². The summed E-state index contributed by atoms with van der Waals surface area (Å²) in [4.78, 5) is 10.8. The molecule has 1 aromatic rings. The molecular formula is C14H25N5. The van der Waals surface area contributed by atoms with Crippen molar-refractivity contribution in [3.05, 3.63) is 11.9 Å². The first kappa shape index (κ1) is 14.1. The molecule has 19 heavy (non-hydrogen) atoms. The lowest BCUT2D eigenvalue weighted by Gasteiger charge is -2.47. The predicted molar refractivity (Wildman–Crippen MR) is 79.3 cm³/mol. The third-order valence-corrected chi connectivity index (χ3v) is 4.31. The molecule has 106 valence electrons. The zero-order valence-corrected chi connectivity index (χ0v) is 12.4. The number of hydrogen-bond acceptors (Lipinski definition) is 5. The molecule has 1 aliphatic rings. The van der Waals surface area contributed by atoms with E-state index in [9.17, 15) is 0 Å². The van der Waals surface area contributed by atoms with Gasteiger partial charge in [0.05, 0.1) is 0 Å². The van der Waals surface area contributed by atoms with Crippen LogP contribution in [0.3, 0.4) is 0 Å². The largest absolute Gasteiger partial charge is 0.383 e. The monoisotopic (exact) mass is 263 g/mol. The lowest BCUT2D eigenvalue weighted by atomic mass is 9.75. The number of likely N-dealkylation sites (N-methyl/N-ethyl adjacent to an activating group) is 1. The summed E-state index contributed by atoms with van der Waals surface area (Å²) >= 11 is 0. The molecule has 0 amide bonds. The maximum absolute atomic E-state index is 5.97. The Morgan fingerprint density at radius 3 is 2.53 bits per heavy atom. The van der Waals surface area contributed by atoms with Gasteiger partial charge >= 0.3 is 0 Å². The Morgan fingerprint density at radius 2 is 2.05 bits per heavy atom. The maximum Gasteiger partial charge on any atom is 0.135 e. The van der Waals surface area contributed by atoms with E-state index in [0.717, 1.165) is 17.9 Å². The summed E-state index contributed by atoms with van der Waals surface area (Å²) in [6.07, 6.45) is 5.32. The molecule has 0 atom stereocenters. The summed E-state index contributed by atoms with van der Waals surface area (Å²) < 4.78 is 0. The van der Waals surface area contributed by atoms with Crippen LogP contribution in [-0.4, -0.2) is 41.0 Å². The molecular weight excluding hydrogens is 238 g/mol. The summed E-state index contributed by atoms with van der Waals surface area (Å²) in [6, 6.07) is 0. The van der Waals surface area contributed by atoms with Gasteiger partial charge in [0.25, 0.3) is 0 Å².